The number of hydrogen-bond acceptors (Lipinski definition) is 3. The summed E-state index contributed by atoms with van der Waals surface area (Å²) >= 11 is 0.677. The molecule has 0 amide bonds. The van der Waals surface area contributed by atoms with Gasteiger partial charge in [0.25, 0.3) is 0 Å². The van der Waals surface area contributed by atoms with E-state index in [1.807, 2.05) is 0 Å². The lowest BCUT2D eigenvalue weighted by molar-refractivity contribution is -0.137. The Hall–Kier alpha value is -0.620. The van der Waals surface area contributed by atoms with Crippen molar-refractivity contribution in [3.63, 3.8) is 0 Å². The van der Waals surface area contributed by atoms with E-state index in [2.05, 4.69) is 10.3 Å². The van der Waals surface area contributed by atoms with Crippen LogP contribution in [0.4, 0.5) is 13.2 Å². The molecular weight excluding hydrogens is 213 g/mol. The number of alkyl halides is 3. The van der Waals surface area contributed by atoms with Crippen molar-refractivity contribution in [2.45, 2.75) is 12.6 Å². The van der Waals surface area contributed by atoms with Crippen molar-refractivity contribution in [1.29, 1.82) is 0 Å². The first kappa shape index (κ1) is 9.92. The van der Waals surface area contributed by atoms with Crippen molar-refractivity contribution in [3.8, 4) is 0 Å². The topological polar surface area (TPSA) is 24.9 Å². The monoisotopic (exact) mass is 222 g/mol. The van der Waals surface area contributed by atoms with Gasteiger partial charge >= 0.3 is 6.18 Å². The predicted molar refractivity (Wildman–Crippen MR) is 47.2 cm³/mol. The number of aromatic nitrogens is 1. The van der Waals surface area contributed by atoms with Crippen LogP contribution < -0.4 is 5.32 Å². The van der Waals surface area contributed by atoms with Gasteiger partial charge < -0.3 is 5.32 Å². The molecule has 0 aliphatic carbocycles. The summed E-state index contributed by atoms with van der Waals surface area (Å²) in [5.74, 6) is 0.457. The van der Waals surface area contributed by atoms with Crippen LogP contribution in [0, 0.1) is 5.92 Å². The lowest BCUT2D eigenvalue weighted by Gasteiger charge is -2.26. The molecule has 1 N–H and O–H groups in total. The van der Waals surface area contributed by atoms with Gasteiger partial charge in [-0.25, -0.2) is 4.98 Å². The molecule has 2 rings (SSSR count). The Morgan fingerprint density at radius 2 is 2.21 bits per heavy atom. The third-order valence-corrected chi connectivity index (χ3v) is 3.09. The molecule has 0 saturated carbocycles. The lowest BCUT2D eigenvalue weighted by atomic mass is 9.98. The maximum atomic E-state index is 12.2. The van der Waals surface area contributed by atoms with Gasteiger partial charge in [-0.3, -0.25) is 0 Å². The Labute approximate surface area is 83.2 Å². The SMILES string of the molecule is FC(F)(F)c1nc(CC2CNC2)cs1. The number of hydrogen-bond donors (Lipinski definition) is 1. The van der Waals surface area contributed by atoms with Crippen LogP contribution in [-0.2, 0) is 12.6 Å². The molecule has 0 radical (unpaired) electrons. The molecule has 1 fully saturated rings. The van der Waals surface area contributed by atoms with Crippen LogP contribution in [0.3, 0.4) is 0 Å². The van der Waals surface area contributed by atoms with Crippen molar-refractivity contribution in [2.24, 2.45) is 5.92 Å². The van der Waals surface area contributed by atoms with Crippen LogP contribution in [0.25, 0.3) is 0 Å². The molecular formula is C8H9F3N2S. The highest BCUT2D eigenvalue weighted by atomic mass is 32.1. The largest absolute Gasteiger partial charge is 0.443 e. The van der Waals surface area contributed by atoms with Gasteiger partial charge in [0, 0.05) is 5.38 Å². The molecule has 0 spiro atoms. The number of rotatable bonds is 2. The Morgan fingerprint density at radius 1 is 1.50 bits per heavy atom. The third kappa shape index (κ3) is 2.06. The van der Waals surface area contributed by atoms with E-state index >= 15 is 0 Å². The van der Waals surface area contributed by atoms with Crippen molar-refractivity contribution in [1.82, 2.24) is 10.3 Å². The minimum atomic E-state index is -4.29. The van der Waals surface area contributed by atoms with Gasteiger partial charge in [0.2, 0.25) is 0 Å². The fraction of sp³-hybridized carbons (Fsp3) is 0.625. The third-order valence-electron chi connectivity index (χ3n) is 2.16. The van der Waals surface area contributed by atoms with E-state index in [1.54, 1.807) is 0 Å². The van der Waals surface area contributed by atoms with E-state index < -0.39 is 11.2 Å². The van der Waals surface area contributed by atoms with Crippen molar-refractivity contribution < 1.29 is 13.2 Å². The summed E-state index contributed by atoms with van der Waals surface area (Å²) in [6.07, 6.45) is -3.64. The van der Waals surface area contributed by atoms with Gasteiger partial charge in [0.05, 0.1) is 5.69 Å². The average molecular weight is 222 g/mol. The molecule has 1 aliphatic rings. The summed E-state index contributed by atoms with van der Waals surface area (Å²) < 4.78 is 36.5. The molecule has 6 heteroatoms. The summed E-state index contributed by atoms with van der Waals surface area (Å²) in [7, 11) is 0. The van der Waals surface area contributed by atoms with Crippen molar-refractivity contribution in [2.75, 3.05) is 13.1 Å². The summed E-state index contributed by atoms with van der Waals surface area (Å²) in [6, 6.07) is 0. The molecule has 0 unspecified atom stereocenters. The number of halogens is 3. The molecule has 1 saturated heterocycles. The van der Waals surface area contributed by atoms with Gasteiger partial charge in [-0.2, -0.15) is 13.2 Å². The molecule has 0 atom stereocenters. The second-order valence-electron chi connectivity index (χ2n) is 3.37. The summed E-state index contributed by atoms with van der Waals surface area (Å²) in [6.45, 7) is 1.78. The quantitative estimate of drug-likeness (QED) is 0.827. The zero-order chi connectivity index (χ0) is 10.2. The van der Waals surface area contributed by atoms with Crippen molar-refractivity contribution >= 4 is 11.3 Å². The zero-order valence-electron chi connectivity index (χ0n) is 7.27. The number of nitrogens with zero attached hydrogens (tertiary/aromatic N) is 1. The second kappa shape index (κ2) is 3.51. The van der Waals surface area contributed by atoms with Crippen LogP contribution in [0.2, 0.25) is 0 Å². The average Bonchev–Trinajstić information content (AvgIpc) is 2.43. The fourth-order valence-corrected chi connectivity index (χ4v) is 2.02. The van der Waals surface area contributed by atoms with Gasteiger partial charge in [-0.1, -0.05) is 0 Å². The van der Waals surface area contributed by atoms with E-state index in [4.69, 9.17) is 0 Å². The second-order valence-corrected chi connectivity index (χ2v) is 4.23. The highest BCUT2D eigenvalue weighted by molar-refractivity contribution is 7.09. The van der Waals surface area contributed by atoms with E-state index in [-0.39, 0.29) is 0 Å². The minimum absolute atomic E-state index is 0.457. The Balaban J connectivity index is 2.02. The Morgan fingerprint density at radius 3 is 2.64 bits per heavy atom. The summed E-state index contributed by atoms with van der Waals surface area (Å²) in [4.78, 5) is 3.57. The maximum absolute atomic E-state index is 12.2. The number of thiazole rings is 1. The van der Waals surface area contributed by atoms with Crippen molar-refractivity contribution in [3.05, 3.63) is 16.1 Å². The fourth-order valence-electron chi connectivity index (χ4n) is 1.32. The molecule has 1 aliphatic heterocycles. The molecule has 1 aromatic rings. The molecule has 2 nitrogen and oxygen atoms in total. The van der Waals surface area contributed by atoms with Crippen LogP contribution in [0.1, 0.15) is 10.7 Å². The highest BCUT2D eigenvalue weighted by Gasteiger charge is 2.34. The standard InChI is InChI=1S/C8H9F3N2S/c9-8(10,11)7-13-6(4-14-7)1-5-2-12-3-5/h4-5,12H,1-3H2. The van der Waals surface area contributed by atoms with E-state index in [1.165, 1.54) is 5.38 Å². The molecule has 0 aromatic carbocycles. The van der Waals surface area contributed by atoms with Crippen LogP contribution in [0.15, 0.2) is 5.38 Å². The number of nitrogens with one attached hydrogen (secondary N) is 1. The molecule has 2 heterocycles. The Bertz CT molecular complexity index is 317. The summed E-state index contributed by atoms with van der Waals surface area (Å²) in [5, 5.41) is 3.84. The summed E-state index contributed by atoms with van der Waals surface area (Å²) in [5.41, 5.74) is 0.564. The van der Waals surface area contributed by atoms with E-state index in [0.717, 1.165) is 13.1 Å². The van der Waals surface area contributed by atoms with Gasteiger partial charge in [-0.15, -0.1) is 11.3 Å². The normalized spacial score (nSPS) is 18.2. The zero-order valence-corrected chi connectivity index (χ0v) is 8.08. The van der Waals surface area contributed by atoms with Gasteiger partial charge in [-0.05, 0) is 25.4 Å². The Kier molecular flexibility index (Phi) is 2.48. The first-order valence-corrected chi connectivity index (χ1v) is 5.16. The van der Waals surface area contributed by atoms with Crippen LogP contribution >= 0.6 is 11.3 Å². The maximum Gasteiger partial charge on any atom is 0.443 e. The minimum Gasteiger partial charge on any atom is -0.316 e. The molecule has 0 bridgehead atoms. The predicted octanol–water partition coefficient (Wildman–Crippen LogP) is 1.92. The van der Waals surface area contributed by atoms with Gasteiger partial charge in [0.15, 0.2) is 5.01 Å². The van der Waals surface area contributed by atoms with Crippen LogP contribution in [-0.4, -0.2) is 18.1 Å². The molecule has 14 heavy (non-hydrogen) atoms. The lowest BCUT2D eigenvalue weighted by Crippen LogP contribution is -2.43. The van der Waals surface area contributed by atoms with E-state index in [0.29, 0.717) is 29.4 Å². The smallest absolute Gasteiger partial charge is 0.316 e. The van der Waals surface area contributed by atoms with E-state index in [9.17, 15) is 13.2 Å². The van der Waals surface area contributed by atoms with Gasteiger partial charge in [0.1, 0.15) is 0 Å². The molecule has 1 aromatic heterocycles. The first-order chi connectivity index (χ1) is 6.55. The van der Waals surface area contributed by atoms with Crippen LogP contribution in [0.5, 0.6) is 0 Å². The molecule has 78 valence electrons. The highest BCUT2D eigenvalue weighted by Crippen LogP contribution is 2.32. The first-order valence-electron chi connectivity index (χ1n) is 4.28.